The van der Waals surface area contributed by atoms with Crippen molar-refractivity contribution in [1.29, 1.82) is 0 Å². The van der Waals surface area contributed by atoms with E-state index in [0.717, 1.165) is 30.4 Å². The van der Waals surface area contributed by atoms with Crippen molar-refractivity contribution < 1.29 is 14.6 Å². The maximum atomic E-state index is 12.0. The normalized spacial score (nSPS) is 17.2. The first-order valence-electron chi connectivity index (χ1n) is 8.81. The van der Waals surface area contributed by atoms with Gasteiger partial charge in [-0.05, 0) is 34.4 Å². The van der Waals surface area contributed by atoms with Gasteiger partial charge in [0.1, 0.15) is 5.75 Å². The highest BCUT2D eigenvalue weighted by atomic mass is 32.1. The van der Waals surface area contributed by atoms with Crippen LogP contribution in [-0.4, -0.2) is 34.7 Å². The molecule has 1 saturated heterocycles. The molecule has 0 bridgehead atoms. The van der Waals surface area contributed by atoms with Crippen LogP contribution in [0.2, 0.25) is 0 Å². The van der Waals surface area contributed by atoms with Crippen LogP contribution in [0, 0.1) is 0 Å². The summed E-state index contributed by atoms with van der Waals surface area (Å²) < 4.78 is 6.07. The van der Waals surface area contributed by atoms with Crippen LogP contribution in [-0.2, 0) is 11.3 Å². The van der Waals surface area contributed by atoms with Gasteiger partial charge < -0.3 is 9.84 Å². The molecule has 1 aliphatic rings. The molecular formula is C21H21NO3S. The molecule has 2 aromatic carbocycles. The first-order valence-corrected chi connectivity index (χ1v) is 9.69. The van der Waals surface area contributed by atoms with Crippen molar-refractivity contribution in [1.82, 2.24) is 4.90 Å². The van der Waals surface area contributed by atoms with Crippen molar-refractivity contribution in [2.24, 2.45) is 0 Å². The Morgan fingerprint density at radius 3 is 2.54 bits per heavy atom. The molecule has 0 unspecified atom stereocenters. The van der Waals surface area contributed by atoms with Crippen molar-refractivity contribution in [3.8, 4) is 5.75 Å². The average molecular weight is 367 g/mol. The number of thiophene rings is 1. The van der Waals surface area contributed by atoms with E-state index in [4.69, 9.17) is 4.74 Å². The van der Waals surface area contributed by atoms with Gasteiger partial charge in [-0.1, -0.05) is 36.4 Å². The van der Waals surface area contributed by atoms with Gasteiger partial charge in [-0.2, -0.15) is 0 Å². The van der Waals surface area contributed by atoms with Gasteiger partial charge in [0.2, 0.25) is 5.60 Å². The van der Waals surface area contributed by atoms with Crippen LogP contribution in [0.5, 0.6) is 5.75 Å². The Hall–Kier alpha value is -2.37. The Morgan fingerprint density at radius 1 is 1.08 bits per heavy atom. The van der Waals surface area contributed by atoms with E-state index < -0.39 is 11.6 Å². The summed E-state index contributed by atoms with van der Waals surface area (Å²) in [6.45, 7) is 2.32. The lowest BCUT2D eigenvalue weighted by molar-refractivity contribution is -0.159. The molecule has 4 rings (SSSR count). The molecule has 0 aliphatic carbocycles. The number of fused-ring (bicyclic) bond motifs is 1. The number of rotatable bonds is 5. The van der Waals surface area contributed by atoms with Gasteiger partial charge >= 0.3 is 5.97 Å². The van der Waals surface area contributed by atoms with Crippen LogP contribution >= 0.6 is 11.3 Å². The largest absolute Gasteiger partial charge is 0.478 e. The minimum atomic E-state index is -1.14. The van der Waals surface area contributed by atoms with E-state index in [2.05, 4.69) is 16.3 Å². The summed E-state index contributed by atoms with van der Waals surface area (Å²) >= 11 is 1.74. The smallest absolute Gasteiger partial charge is 0.348 e. The number of ether oxygens (including phenoxy) is 1. The number of carboxylic acids is 1. The van der Waals surface area contributed by atoms with E-state index >= 15 is 0 Å². The van der Waals surface area contributed by atoms with Crippen LogP contribution in [0.3, 0.4) is 0 Å². The Kier molecular flexibility index (Phi) is 4.66. The molecule has 1 fully saturated rings. The van der Waals surface area contributed by atoms with E-state index in [1.165, 1.54) is 4.88 Å². The van der Waals surface area contributed by atoms with Crippen LogP contribution in [0.25, 0.3) is 10.8 Å². The highest BCUT2D eigenvalue weighted by Crippen LogP contribution is 2.32. The number of benzene rings is 2. The molecule has 0 spiro atoms. The molecule has 26 heavy (non-hydrogen) atoms. The summed E-state index contributed by atoms with van der Waals surface area (Å²) in [6, 6.07) is 18.0. The fourth-order valence-electron chi connectivity index (χ4n) is 3.51. The SMILES string of the molecule is O=C(O)C1(Oc2ccc3ccccc3c2)CCN(Cc2cccs2)CC1. The minimum absolute atomic E-state index is 0.487. The summed E-state index contributed by atoms with van der Waals surface area (Å²) in [7, 11) is 0. The number of aliphatic carboxylic acids is 1. The molecule has 0 saturated carbocycles. The Bertz CT molecular complexity index is 899. The highest BCUT2D eigenvalue weighted by molar-refractivity contribution is 7.09. The first kappa shape index (κ1) is 17.1. The van der Waals surface area contributed by atoms with Crippen LogP contribution in [0.1, 0.15) is 17.7 Å². The lowest BCUT2D eigenvalue weighted by Crippen LogP contribution is -2.53. The topological polar surface area (TPSA) is 49.8 Å². The second-order valence-electron chi connectivity index (χ2n) is 6.77. The monoisotopic (exact) mass is 367 g/mol. The van der Waals surface area contributed by atoms with E-state index in [9.17, 15) is 9.90 Å². The number of likely N-dealkylation sites (tertiary alicyclic amines) is 1. The third kappa shape index (κ3) is 3.45. The van der Waals surface area contributed by atoms with Crippen molar-refractivity contribution in [3.63, 3.8) is 0 Å². The molecule has 0 radical (unpaired) electrons. The van der Waals surface area contributed by atoms with Crippen molar-refractivity contribution in [2.45, 2.75) is 25.0 Å². The summed E-state index contributed by atoms with van der Waals surface area (Å²) in [4.78, 5) is 15.6. The standard InChI is InChI=1S/C21H21NO3S/c23-20(24)21(9-11-22(12-10-21)15-19-6-3-13-26-19)25-18-8-7-16-4-1-2-5-17(16)14-18/h1-8,13-14H,9-12,15H2,(H,23,24). The van der Waals surface area contributed by atoms with Crippen molar-refractivity contribution in [2.75, 3.05) is 13.1 Å². The fourth-order valence-corrected chi connectivity index (χ4v) is 4.26. The summed E-state index contributed by atoms with van der Waals surface area (Å²) in [5.41, 5.74) is -1.14. The Balaban J connectivity index is 1.49. The second kappa shape index (κ2) is 7.09. The zero-order valence-electron chi connectivity index (χ0n) is 14.4. The average Bonchev–Trinajstić information content (AvgIpc) is 3.16. The molecule has 1 aromatic heterocycles. The van der Waals surface area contributed by atoms with Gasteiger partial charge in [0.05, 0.1) is 0 Å². The highest BCUT2D eigenvalue weighted by Gasteiger charge is 2.44. The predicted octanol–water partition coefficient (Wildman–Crippen LogP) is 4.40. The third-order valence-corrected chi connectivity index (χ3v) is 5.91. The lowest BCUT2D eigenvalue weighted by atomic mass is 9.91. The number of piperidine rings is 1. The second-order valence-corrected chi connectivity index (χ2v) is 7.80. The molecule has 4 nitrogen and oxygen atoms in total. The molecule has 0 amide bonds. The van der Waals surface area contributed by atoms with Gasteiger partial charge in [-0.25, -0.2) is 4.79 Å². The number of carboxylic acid groups (broad SMARTS) is 1. The molecule has 5 heteroatoms. The van der Waals surface area contributed by atoms with E-state index in [1.54, 1.807) is 11.3 Å². The number of hydrogen-bond donors (Lipinski definition) is 1. The minimum Gasteiger partial charge on any atom is -0.478 e. The van der Waals surface area contributed by atoms with Gasteiger partial charge in [0.15, 0.2) is 0 Å². The van der Waals surface area contributed by atoms with Crippen LogP contribution in [0.4, 0.5) is 0 Å². The van der Waals surface area contributed by atoms with Crippen molar-refractivity contribution in [3.05, 3.63) is 64.9 Å². The van der Waals surface area contributed by atoms with E-state index in [-0.39, 0.29) is 0 Å². The number of hydrogen-bond acceptors (Lipinski definition) is 4. The van der Waals surface area contributed by atoms with Gasteiger partial charge in [0.25, 0.3) is 0 Å². The zero-order chi connectivity index (χ0) is 18.0. The molecular weight excluding hydrogens is 346 g/mol. The lowest BCUT2D eigenvalue weighted by Gasteiger charge is -2.38. The maximum absolute atomic E-state index is 12.0. The quantitative estimate of drug-likeness (QED) is 0.726. The molecule has 1 aliphatic heterocycles. The summed E-state index contributed by atoms with van der Waals surface area (Å²) in [6.07, 6.45) is 0.973. The zero-order valence-corrected chi connectivity index (χ0v) is 15.2. The third-order valence-electron chi connectivity index (χ3n) is 5.05. The number of carbonyl (C=O) groups is 1. The van der Waals surface area contributed by atoms with E-state index in [1.807, 2.05) is 48.5 Å². The van der Waals surface area contributed by atoms with Gasteiger partial charge in [-0.15, -0.1) is 11.3 Å². The molecule has 134 valence electrons. The molecule has 0 atom stereocenters. The van der Waals surface area contributed by atoms with Crippen LogP contribution < -0.4 is 4.74 Å². The Morgan fingerprint density at radius 2 is 1.85 bits per heavy atom. The molecule has 3 aromatic rings. The first-order chi connectivity index (χ1) is 12.6. The fraction of sp³-hybridized carbons (Fsp3) is 0.286. The van der Waals surface area contributed by atoms with Gasteiger partial charge in [0, 0.05) is 37.4 Å². The molecule has 2 heterocycles. The summed E-state index contributed by atoms with van der Waals surface area (Å²) in [5, 5.41) is 14.1. The maximum Gasteiger partial charge on any atom is 0.348 e. The summed E-state index contributed by atoms with van der Waals surface area (Å²) in [5.74, 6) is -0.251. The van der Waals surface area contributed by atoms with Gasteiger partial charge in [-0.3, -0.25) is 4.90 Å². The predicted molar refractivity (Wildman–Crippen MR) is 104 cm³/mol. The van der Waals surface area contributed by atoms with E-state index in [0.29, 0.717) is 18.6 Å². The number of nitrogens with zero attached hydrogens (tertiary/aromatic N) is 1. The van der Waals surface area contributed by atoms with Crippen LogP contribution in [0.15, 0.2) is 60.0 Å². The Labute approximate surface area is 156 Å². The molecule has 1 N–H and O–H groups in total. The van der Waals surface area contributed by atoms with Crippen molar-refractivity contribution >= 4 is 28.1 Å².